The third-order valence-corrected chi connectivity index (χ3v) is 2.71. The fraction of sp³-hybridized carbons (Fsp3) is 0.800. The van der Waals surface area contributed by atoms with Gasteiger partial charge in [-0.2, -0.15) is 0 Å². The van der Waals surface area contributed by atoms with Crippen LogP contribution in [0.4, 0.5) is 4.79 Å². The molecule has 1 atom stereocenters. The highest BCUT2D eigenvalue weighted by Crippen LogP contribution is 2.17. The first-order valence-electron chi connectivity index (χ1n) is 5.65. The molecule has 0 aromatic heterocycles. The predicted octanol–water partition coefficient (Wildman–Crippen LogP) is 0.753. The number of amidine groups is 1. The van der Waals surface area contributed by atoms with Crippen molar-refractivity contribution in [3.63, 3.8) is 0 Å². The molecule has 2 amide bonds. The van der Waals surface area contributed by atoms with E-state index in [1.54, 1.807) is 0 Å². The van der Waals surface area contributed by atoms with Gasteiger partial charge in [-0.05, 0) is 19.8 Å². The van der Waals surface area contributed by atoms with Crippen LogP contribution in [-0.2, 0) is 0 Å². The fourth-order valence-corrected chi connectivity index (χ4v) is 1.93. The monoisotopic (exact) mass is 228 g/mol. The Balaban J connectivity index is 2.22. The molecule has 16 heavy (non-hydrogen) atoms. The Hall–Kier alpha value is -1.46. The highest BCUT2D eigenvalue weighted by molar-refractivity contribution is 5.81. The molecule has 1 aliphatic rings. The SMILES string of the molecule is CC(CC(N)=NO)NC(=O)NC1CCCC1. The van der Waals surface area contributed by atoms with Crippen LogP contribution in [0, 0.1) is 0 Å². The number of nitrogens with one attached hydrogen (secondary N) is 2. The van der Waals surface area contributed by atoms with Crippen LogP contribution in [0.15, 0.2) is 5.16 Å². The molecular formula is C10H20N4O2. The van der Waals surface area contributed by atoms with Gasteiger partial charge >= 0.3 is 6.03 Å². The molecule has 0 spiro atoms. The number of carbonyl (C=O) groups is 1. The summed E-state index contributed by atoms with van der Waals surface area (Å²) in [5.41, 5.74) is 5.34. The van der Waals surface area contributed by atoms with Crippen LogP contribution >= 0.6 is 0 Å². The summed E-state index contributed by atoms with van der Waals surface area (Å²) in [4.78, 5) is 11.5. The largest absolute Gasteiger partial charge is 0.409 e. The zero-order chi connectivity index (χ0) is 12.0. The van der Waals surface area contributed by atoms with Gasteiger partial charge in [-0.1, -0.05) is 18.0 Å². The fourth-order valence-electron chi connectivity index (χ4n) is 1.93. The van der Waals surface area contributed by atoms with Crippen LogP contribution in [-0.4, -0.2) is 29.2 Å². The van der Waals surface area contributed by atoms with Gasteiger partial charge < -0.3 is 21.6 Å². The first-order chi connectivity index (χ1) is 7.61. The second kappa shape index (κ2) is 6.19. The first-order valence-corrected chi connectivity index (χ1v) is 5.65. The summed E-state index contributed by atoms with van der Waals surface area (Å²) in [6.07, 6.45) is 4.83. The van der Waals surface area contributed by atoms with E-state index in [2.05, 4.69) is 15.8 Å². The van der Waals surface area contributed by atoms with Crippen LogP contribution < -0.4 is 16.4 Å². The highest BCUT2D eigenvalue weighted by atomic mass is 16.4. The van der Waals surface area contributed by atoms with Crippen molar-refractivity contribution in [1.82, 2.24) is 10.6 Å². The summed E-state index contributed by atoms with van der Waals surface area (Å²) in [5.74, 6) is 0.119. The second-order valence-corrected chi connectivity index (χ2v) is 4.30. The van der Waals surface area contributed by atoms with Crippen molar-refractivity contribution in [2.45, 2.75) is 51.1 Å². The molecule has 1 rings (SSSR count). The molecule has 0 aromatic rings. The van der Waals surface area contributed by atoms with Crippen LogP contribution in [0.3, 0.4) is 0 Å². The minimum absolute atomic E-state index is 0.119. The van der Waals surface area contributed by atoms with Gasteiger partial charge in [0, 0.05) is 18.5 Å². The molecule has 6 heteroatoms. The lowest BCUT2D eigenvalue weighted by atomic mass is 10.2. The van der Waals surface area contributed by atoms with Crippen LogP contribution in [0.5, 0.6) is 0 Å². The summed E-state index contributed by atoms with van der Waals surface area (Å²) in [6, 6.07) is -0.0153. The number of nitrogens with two attached hydrogens (primary N) is 1. The van der Waals surface area contributed by atoms with Crippen molar-refractivity contribution in [2.75, 3.05) is 0 Å². The molecule has 6 nitrogen and oxygen atoms in total. The van der Waals surface area contributed by atoms with E-state index in [1.165, 1.54) is 12.8 Å². The minimum Gasteiger partial charge on any atom is -0.409 e. The predicted molar refractivity (Wildman–Crippen MR) is 61.4 cm³/mol. The van der Waals surface area contributed by atoms with Gasteiger partial charge in [0.1, 0.15) is 5.84 Å². The van der Waals surface area contributed by atoms with Gasteiger partial charge in [0.15, 0.2) is 0 Å². The van der Waals surface area contributed by atoms with Gasteiger partial charge in [-0.15, -0.1) is 0 Å². The zero-order valence-electron chi connectivity index (χ0n) is 9.57. The Morgan fingerprint density at radius 3 is 2.75 bits per heavy atom. The number of oxime groups is 1. The molecule has 0 aliphatic heterocycles. The minimum atomic E-state index is -0.176. The Kier molecular flexibility index (Phi) is 4.88. The summed E-state index contributed by atoms with van der Waals surface area (Å²) < 4.78 is 0. The lowest BCUT2D eigenvalue weighted by molar-refractivity contribution is 0.234. The van der Waals surface area contributed by atoms with E-state index in [1.807, 2.05) is 6.92 Å². The number of rotatable bonds is 4. The Morgan fingerprint density at radius 1 is 1.56 bits per heavy atom. The van der Waals surface area contributed by atoms with E-state index in [0.29, 0.717) is 12.5 Å². The standard InChI is InChI=1S/C10H20N4O2/c1-7(6-9(11)14-16)12-10(15)13-8-4-2-3-5-8/h7-8,16H,2-6H2,1H3,(H2,11,14)(H2,12,13,15). The molecule has 0 saturated heterocycles. The van der Waals surface area contributed by atoms with Gasteiger partial charge in [0.05, 0.1) is 0 Å². The molecule has 92 valence electrons. The molecule has 1 aliphatic carbocycles. The van der Waals surface area contributed by atoms with Crippen molar-refractivity contribution in [3.05, 3.63) is 0 Å². The number of nitrogens with zero attached hydrogens (tertiary/aromatic N) is 1. The van der Waals surface area contributed by atoms with Crippen molar-refractivity contribution in [1.29, 1.82) is 0 Å². The molecule has 1 unspecified atom stereocenters. The Morgan fingerprint density at radius 2 is 2.19 bits per heavy atom. The van der Waals surface area contributed by atoms with Gasteiger partial charge in [-0.3, -0.25) is 0 Å². The maximum absolute atomic E-state index is 11.5. The maximum atomic E-state index is 11.5. The molecule has 0 bridgehead atoms. The normalized spacial score (nSPS) is 19.4. The zero-order valence-corrected chi connectivity index (χ0v) is 9.57. The second-order valence-electron chi connectivity index (χ2n) is 4.30. The molecule has 0 aromatic carbocycles. The molecule has 0 heterocycles. The van der Waals surface area contributed by atoms with Crippen LogP contribution in [0.1, 0.15) is 39.0 Å². The third-order valence-electron chi connectivity index (χ3n) is 2.71. The number of carbonyl (C=O) groups excluding carboxylic acids is 1. The lowest BCUT2D eigenvalue weighted by Crippen LogP contribution is -2.45. The smallest absolute Gasteiger partial charge is 0.315 e. The van der Waals surface area contributed by atoms with Crippen molar-refractivity contribution in [2.24, 2.45) is 10.9 Å². The molecular weight excluding hydrogens is 208 g/mol. The molecule has 5 N–H and O–H groups in total. The number of hydrogen-bond acceptors (Lipinski definition) is 3. The van der Waals surface area contributed by atoms with E-state index in [4.69, 9.17) is 10.9 Å². The summed E-state index contributed by atoms with van der Waals surface area (Å²) in [7, 11) is 0. The van der Waals surface area contributed by atoms with E-state index >= 15 is 0 Å². The number of hydrogen-bond donors (Lipinski definition) is 4. The first kappa shape index (κ1) is 12.6. The Labute approximate surface area is 95.3 Å². The summed E-state index contributed by atoms with van der Waals surface area (Å²) >= 11 is 0. The molecule has 1 saturated carbocycles. The van der Waals surface area contributed by atoms with Crippen LogP contribution in [0.2, 0.25) is 0 Å². The molecule has 1 fully saturated rings. The number of amides is 2. The van der Waals surface area contributed by atoms with Crippen molar-refractivity contribution < 1.29 is 10.0 Å². The van der Waals surface area contributed by atoms with Gasteiger partial charge in [-0.25, -0.2) is 4.79 Å². The quantitative estimate of drug-likeness (QED) is 0.247. The maximum Gasteiger partial charge on any atom is 0.315 e. The third kappa shape index (κ3) is 4.37. The number of urea groups is 1. The molecule has 0 radical (unpaired) electrons. The Bertz CT molecular complexity index is 262. The average molecular weight is 228 g/mol. The van der Waals surface area contributed by atoms with E-state index in [-0.39, 0.29) is 17.9 Å². The van der Waals surface area contributed by atoms with Gasteiger partial charge in [0.25, 0.3) is 0 Å². The highest BCUT2D eigenvalue weighted by Gasteiger charge is 2.17. The van der Waals surface area contributed by atoms with Gasteiger partial charge in [0.2, 0.25) is 0 Å². The summed E-state index contributed by atoms with van der Waals surface area (Å²) in [5, 5.41) is 16.9. The summed E-state index contributed by atoms with van der Waals surface area (Å²) in [6.45, 7) is 1.81. The van der Waals surface area contributed by atoms with E-state index in [9.17, 15) is 4.79 Å². The average Bonchev–Trinajstić information content (AvgIpc) is 2.69. The van der Waals surface area contributed by atoms with E-state index in [0.717, 1.165) is 12.8 Å². The lowest BCUT2D eigenvalue weighted by Gasteiger charge is -2.16. The van der Waals surface area contributed by atoms with Crippen molar-refractivity contribution >= 4 is 11.9 Å². The van der Waals surface area contributed by atoms with E-state index < -0.39 is 0 Å². The topological polar surface area (TPSA) is 99.7 Å². The van der Waals surface area contributed by atoms with Crippen molar-refractivity contribution in [3.8, 4) is 0 Å². The van der Waals surface area contributed by atoms with Crippen LogP contribution in [0.25, 0.3) is 0 Å².